The fourth-order valence-corrected chi connectivity index (χ4v) is 1.53. The first-order valence-corrected chi connectivity index (χ1v) is 6.03. The summed E-state index contributed by atoms with van der Waals surface area (Å²) in [5.74, 6) is -0.738. The van der Waals surface area contributed by atoms with E-state index in [0.717, 1.165) is 4.90 Å². The molecule has 0 fully saturated rings. The summed E-state index contributed by atoms with van der Waals surface area (Å²) in [5.41, 5.74) is -0.438. The van der Waals surface area contributed by atoms with Gasteiger partial charge >= 0.3 is 12.1 Å². The molecular formula is C14H19NO5. The highest BCUT2D eigenvalue weighted by Crippen LogP contribution is 2.26. The van der Waals surface area contributed by atoms with E-state index in [2.05, 4.69) is 0 Å². The van der Waals surface area contributed by atoms with Crippen molar-refractivity contribution in [3.05, 3.63) is 23.8 Å². The number of rotatable bonds is 3. The van der Waals surface area contributed by atoms with Gasteiger partial charge in [0.25, 0.3) is 0 Å². The molecule has 0 unspecified atom stereocenters. The van der Waals surface area contributed by atoms with Crippen LogP contribution in [0.15, 0.2) is 18.2 Å². The first-order chi connectivity index (χ1) is 9.15. The summed E-state index contributed by atoms with van der Waals surface area (Å²) in [6.07, 6.45) is -0.620. The second kappa shape index (κ2) is 5.81. The zero-order chi connectivity index (χ0) is 15.5. The molecule has 0 heterocycles. The number of hydrogen-bond acceptors (Lipinski definition) is 4. The van der Waals surface area contributed by atoms with Gasteiger partial charge in [0.05, 0.1) is 18.4 Å². The molecule has 110 valence electrons. The number of carboxylic acids is 1. The van der Waals surface area contributed by atoms with Crippen molar-refractivity contribution in [3.8, 4) is 5.75 Å². The molecule has 0 aliphatic heterocycles. The Bertz CT molecular complexity index is 519. The summed E-state index contributed by atoms with van der Waals surface area (Å²) in [6, 6.07) is 4.45. The Balaban J connectivity index is 3.12. The molecule has 0 bridgehead atoms. The summed E-state index contributed by atoms with van der Waals surface area (Å²) in [4.78, 5) is 24.4. The van der Waals surface area contributed by atoms with Crippen LogP contribution in [0.3, 0.4) is 0 Å². The smallest absolute Gasteiger partial charge is 0.414 e. The highest BCUT2D eigenvalue weighted by Gasteiger charge is 2.24. The SMILES string of the molecule is COc1ccc(N(C)C(=O)OC(C)(C)C)c(C(=O)O)c1. The summed E-state index contributed by atoms with van der Waals surface area (Å²) in [6.45, 7) is 5.22. The third-order valence-corrected chi connectivity index (χ3v) is 2.46. The van der Waals surface area contributed by atoms with Crippen LogP contribution in [-0.4, -0.2) is 36.9 Å². The Morgan fingerprint density at radius 3 is 2.30 bits per heavy atom. The molecule has 6 heteroatoms. The Morgan fingerprint density at radius 2 is 1.85 bits per heavy atom. The number of hydrogen-bond donors (Lipinski definition) is 1. The fraction of sp³-hybridized carbons (Fsp3) is 0.429. The molecule has 1 N–H and O–H groups in total. The van der Waals surface area contributed by atoms with Gasteiger partial charge in [-0.2, -0.15) is 0 Å². The van der Waals surface area contributed by atoms with Gasteiger partial charge in [-0.1, -0.05) is 0 Å². The largest absolute Gasteiger partial charge is 0.497 e. The minimum atomic E-state index is -1.14. The molecule has 0 spiro atoms. The number of benzene rings is 1. The second-order valence-corrected chi connectivity index (χ2v) is 5.23. The summed E-state index contributed by atoms with van der Waals surface area (Å²) in [7, 11) is 2.90. The van der Waals surface area contributed by atoms with Crippen molar-refractivity contribution in [3.63, 3.8) is 0 Å². The Kier molecular flexibility index (Phi) is 4.60. The summed E-state index contributed by atoms with van der Waals surface area (Å²) in [5, 5.41) is 9.21. The first-order valence-electron chi connectivity index (χ1n) is 6.03. The minimum absolute atomic E-state index is 0.0299. The Morgan fingerprint density at radius 1 is 1.25 bits per heavy atom. The van der Waals surface area contributed by atoms with Crippen LogP contribution in [0.25, 0.3) is 0 Å². The first kappa shape index (κ1) is 15.8. The van der Waals surface area contributed by atoms with Gasteiger partial charge in [-0.15, -0.1) is 0 Å². The third-order valence-electron chi connectivity index (χ3n) is 2.46. The molecule has 1 aromatic carbocycles. The van der Waals surface area contributed by atoms with Gasteiger partial charge in [0, 0.05) is 7.05 Å². The van der Waals surface area contributed by atoms with Crippen molar-refractivity contribution in [1.82, 2.24) is 0 Å². The normalized spacial score (nSPS) is 10.8. The molecule has 0 aromatic heterocycles. The zero-order valence-corrected chi connectivity index (χ0v) is 12.3. The van der Waals surface area contributed by atoms with E-state index in [1.54, 1.807) is 26.8 Å². The van der Waals surface area contributed by atoms with Crippen LogP contribution >= 0.6 is 0 Å². The maximum absolute atomic E-state index is 12.0. The number of amides is 1. The molecule has 0 saturated carbocycles. The molecule has 0 aliphatic carbocycles. The van der Waals surface area contributed by atoms with Crippen molar-refractivity contribution in [1.29, 1.82) is 0 Å². The Hall–Kier alpha value is -2.24. The van der Waals surface area contributed by atoms with Crippen molar-refractivity contribution in [2.24, 2.45) is 0 Å². The van der Waals surface area contributed by atoms with Gasteiger partial charge in [0.15, 0.2) is 0 Å². The van der Waals surface area contributed by atoms with E-state index in [-0.39, 0.29) is 11.3 Å². The fourth-order valence-electron chi connectivity index (χ4n) is 1.53. The second-order valence-electron chi connectivity index (χ2n) is 5.23. The highest BCUT2D eigenvalue weighted by atomic mass is 16.6. The number of carboxylic acid groups (broad SMARTS) is 1. The number of anilines is 1. The number of methoxy groups -OCH3 is 1. The van der Waals surface area contributed by atoms with Crippen LogP contribution in [0, 0.1) is 0 Å². The van der Waals surface area contributed by atoms with Crippen LogP contribution in [0.5, 0.6) is 5.75 Å². The maximum atomic E-state index is 12.0. The van der Waals surface area contributed by atoms with E-state index in [4.69, 9.17) is 9.47 Å². The van der Waals surface area contributed by atoms with Gasteiger partial charge in [-0.25, -0.2) is 9.59 Å². The highest BCUT2D eigenvalue weighted by molar-refractivity contribution is 6.00. The summed E-state index contributed by atoms with van der Waals surface area (Å²) < 4.78 is 10.2. The molecule has 0 radical (unpaired) electrons. The van der Waals surface area contributed by atoms with E-state index in [9.17, 15) is 14.7 Å². The lowest BCUT2D eigenvalue weighted by Crippen LogP contribution is -2.34. The van der Waals surface area contributed by atoms with Crippen LogP contribution in [0.4, 0.5) is 10.5 Å². The van der Waals surface area contributed by atoms with E-state index in [1.165, 1.54) is 26.3 Å². The van der Waals surface area contributed by atoms with E-state index < -0.39 is 17.7 Å². The van der Waals surface area contributed by atoms with Crippen LogP contribution in [0.2, 0.25) is 0 Å². The standard InChI is InChI=1S/C14H19NO5/c1-14(2,3)20-13(18)15(4)11-7-6-9(19-5)8-10(11)12(16)17/h6-8H,1-5H3,(H,16,17). The number of aromatic carboxylic acids is 1. The van der Waals surface area contributed by atoms with Crippen LogP contribution in [0.1, 0.15) is 31.1 Å². The average Bonchev–Trinajstić information content (AvgIpc) is 2.35. The lowest BCUT2D eigenvalue weighted by Gasteiger charge is -2.25. The molecule has 0 saturated heterocycles. The van der Waals surface area contributed by atoms with Crippen molar-refractivity contribution in [2.75, 3.05) is 19.1 Å². The molecule has 1 amide bonds. The molecule has 1 rings (SSSR count). The monoisotopic (exact) mass is 281 g/mol. The minimum Gasteiger partial charge on any atom is -0.497 e. The van der Waals surface area contributed by atoms with E-state index >= 15 is 0 Å². The van der Waals surface area contributed by atoms with Crippen molar-refractivity contribution >= 4 is 17.7 Å². The van der Waals surface area contributed by atoms with E-state index in [1.807, 2.05) is 0 Å². The van der Waals surface area contributed by atoms with Gasteiger partial charge in [0.1, 0.15) is 11.4 Å². The van der Waals surface area contributed by atoms with E-state index in [0.29, 0.717) is 5.75 Å². The molecule has 20 heavy (non-hydrogen) atoms. The van der Waals surface area contributed by atoms with Crippen molar-refractivity contribution in [2.45, 2.75) is 26.4 Å². The lowest BCUT2D eigenvalue weighted by molar-refractivity contribution is 0.0589. The van der Waals surface area contributed by atoms with Gasteiger partial charge < -0.3 is 14.6 Å². The molecule has 0 atom stereocenters. The number of carbonyl (C=O) groups is 2. The predicted octanol–water partition coefficient (Wildman–Crippen LogP) is 2.76. The molecule has 1 aromatic rings. The quantitative estimate of drug-likeness (QED) is 0.921. The Labute approximate surface area is 117 Å². The zero-order valence-electron chi connectivity index (χ0n) is 12.3. The van der Waals surface area contributed by atoms with Crippen LogP contribution < -0.4 is 9.64 Å². The van der Waals surface area contributed by atoms with Crippen LogP contribution in [-0.2, 0) is 4.74 Å². The third kappa shape index (κ3) is 3.88. The molecular weight excluding hydrogens is 262 g/mol. The number of nitrogens with zero attached hydrogens (tertiary/aromatic N) is 1. The number of ether oxygens (including phenoxy) is 2. The summed E-state index contributed by atoms with van der Waals surface area (Å²) >= 11 is 0. The molecule has 0 aliphatic rings. The van der Waals surface area contributed by atoms with Gasteiger partial charge in [0.2, 0.25) is 0 Å². The topological polar surface area (TPSA) is 76.1 Å². The van der Waals surface area contributed by atoms with Crippen molar-refractivity contribution < 1.29 is 24.2 Å². The average molecular weight is 281 g/mol. The number of carbonyl (C=O) groups excluding carboxylic acids is 1. The maximum Gasteiger partial charge on any atom is 0.414 e. The van der Waals surface area contributed by atoms with Gasteiger partial charge in [-0.05, 0) is 39.0 Å². The molecule has 6 nitrogen and oxygen atoms in total. The lowest BCUT2D eigenvalue weighted by atomic mass is 10.1. The predicted molar refractivity (Wildman–Crippen MR) is 74.6 cm³/mol. The van der Waals surface area contributed by atoms with Gasteiger partial charge in [-0.3, -0.25) is 4.90 Å².